The Kier molecular flexibility index (Phi) is 3.50. The van der Waals surface area contributed by atoms with Gasteiger partial charge in [-0.1, -0.05) is 42.0 Å². The topological polar surface area (TPSA) is 29.1 Å². The van der Waals surface area contributed by atoms with E-state index < -0.39 is 0 Å². The first kappa shape index (κ1) is 14.5. The van der Waals surface area contributed by atoms with Gasteiger partial charge in [-0.25, -0.2) is 0 Å². The summed E-state index contributed by atoms with van der Waals surface area (Å²) in [7, 11) is 0. The number of Topliss-reactive ketones (excluding diaryl/α,β-unsaturated/α-hetero) is 1. The number of rotatable bonds is 2. The monoisotopic (exact) mass is 323 g/mol. The van der Waals surface area contributed by atoms with Crippen LogP contribution in [0.2, 0.25) is 5.02 Å². The number of anilines is 1. The number of hydrogen-bond acceptors (Lipinski definition) is 2. The molecule has 4 rings (SSSR count). The Morgan fingerprint density at radius 3 is 2.78 bits per heavy atom. The maximum atomic E-state index is 11.7. The first-order chi connectivity index (χ1) is 11.1. The van der Waals surface area contributed by atoms with Crippen molar-refractivity contribution in [3.05, 3.63) is 76.3 Å². The van der Waals surface area contributed by atoms with E-state index in [-0.39, 0.29) is 11.8 Å². The molecule has 1 heterocycles. The Balaban J connectivity index is 1.81. The van der Waals surface area contributed by atoms with Gasteiger partial charge in [0.05, 0.1) is 6.04 Å². The molecule has 23 heavy (non-hydrogen) atoms. The van der Waals surface area contributed by atoms with Crippen molar-refractivity contribution in [2.75, 3.05) is 5.32 Å². The van der Waals surface area contributed by atoms with E-state index in [0.717, 1.165) is 28.3 Å². The fraction of sp³-hybridized carbons (Fsp3) is 0.250. The highest BCUT2D eigenvalue weighted by Gasteiger charge is 2.38. The fourth-order valence-electron chi connectivity index (χ4n) is 3.85. The number of carbonyl (C=O) groups excluding carboxylic acids is 1. The molecule has 3 atom stereocenters. The molecule has 2 aliphatic rings. The van der Waals surface area contributed by atoms with E-state index in [2.05, 4.69) is 23.5 Å². The molecule has 2 aromatic rings. The number of nitrogens with one attached hydrogen (secondary N) is 1. The molecule has 2 nitrogen and oxygen atoms in total. The minimum absolute atomic E-state index is 0.111. The molecule has 1 aliphatic carbocycles. The van der Waals surface area contributed by atoms with Crippen molar-refractivity contribution in [3.8, 4) is 0 Å². The summed E-state index contributed by atoms with van der Waals surface area (Å²) >= 11 is 6.44. The van der Waals surface area contributed by atoms with E-state index in [0.29, 0.717) is 11.8 Å². The zero-order valence-corrected chi connectivity index (χ0v) is 13.7. The van der Waals surface area contributed by atoms with Gasteiger partial charge < -0.3 is 5.32 Å². The molecule has 3 heteroatoms. The number of fused-ring (bicyclic) bond motifs is 3. The number of ketones is 1. The van der Waals surface area contributed by atoms with Crippen molar-refractivity contribution in [1.82, 2.24) is 0 Å². The van der Waals surface area contributed by atoms with E-state index in [1.165, 1.54) is 5.56 Å². The molecule has 0 spiro atoms. The van der Waals surface area contributed by atoms with Crippen LogP contribution >= 0.6 is 11.6 Å². The summed E-state index contributed by atoms with van der Waals surface area (Å²) in [6, 6.07) is 14.2. The Hall–Kier alpha value is -2.06. The lowest BCUT2D eigenvalue weighted by molar-refractivity contribution is 0.101. The van der Waals surface area contributed by atoms with Crippen molar-refractivity contribution >= 4 is 23.1 Å². The van der Waals surface area contributed by atoms with Crippen LogP contribution in [0, 0.1) is 5.92 Å². The summed E-state index contributed by atoms with van der Waals surface area (Å²) in [6.45, 7) is 1.62. The smallest absolute Gasteiger partial charge is 0.159 e. The highest BCUT2D eigenvalue weighted by atomic mass is 35.5. The van der Waals surface area contributed by atoms with Gasteiger partial charge >= 0.3 is 0 Å². The third kappa shape index (κ3) is 2.38. The highest BCUT2D eigenvalue weighted by Crippen LogP contribution is 2.50. The van der Waals surface area contributed by atoms with Crippen LogP contribution in [0.1, 0.15) is 46.8 Å². The van der Waals surface area contributed by atoms with Crippen LogP contribution in [0.3, 0.4) is 0 Å². The second-order valence-corrected chi connectivity index (χ2v) is 6.76. The zero-order chi connectivity index (χ0) is 16.0. The van der Waals surface area contributed by atoms with Crippen LogP contribution in [0.4, 0.5) is 5.69 Å². The van der Waals surface area contributed by atoms with Crippen molar-refractivity contribution < 1.29 is 4.79 Å². The van der Waals surface area contributed by atoms with Gasteiger partial charge in [-0.15, -0.1) is 0 Å². The summed E-state index contributed by atoms with van der Waals surface area (Å²) in [4.78, 5) is 11.7. The van der Waals surface area contributed by atoms with Gasteiger partial charge in [-0.2, -0.15) is 0 Å². The van der Waals surface area contributed by atoms with Gasteiger partial charge in [0.1, 0.15) is 0 Å². The van der Waals surface area contributed by atoms with Crippen LogP contribution < -0.4 is 5.32 Å². The van der Waals surface area contributed by atoms with Crippen LogP contribution in [0.5, 0.6) is 0 Å². The highest BCUT2D eigenvalue weighted by molar-refractivity contribution is 6.31. The standard InChI is InChI=1S/C20H18ClNO/c1-12(23)13-9-10-19-17(11-13)14-6-4-7-15(14)20(22-19)16-5-2-3-8-18(16)21/h2-6,8-11,14-15,20,22H,7H2,1H3/t14-,15-,20-/m1/s1. The first-order valence-electron chi connectivity index (χ1n) is 7.97. The molecular formula is C20H18ClNO. The zero-order valence-electron chi connectivity index (χ0n) is 12.9. The quantitative estimate of drug-likeness (QED) is 0.594. The lowest BCUT2D eigenvalue weighted by atomic mass is 9.76. The van der Waals surface area contributed by atoms with E-state index in [1.807, 2.05) is 36.4 Å². The molecule has 0 saturated carbocycles. The maximum absolute atomic E-state index is 11.7. The second-order valence-electron chi connectivity index (χ2n) is 6.36. The number of hydrogen-bond donors (Lipinski definition) is 1. The molecule has 0 amide bonds. The third-order valence-electron chi connectivity index (χ3n) is 5.01. The lowest BCUT2D eigenvalue weighted by Crippen LogP contribution is -2.29. The molecule has 1 aliphatic heterocycles. The number of carbonyl (C=O) groups is 1. The average molecular weight is 324 g/mol. The fourth-order valence-corrected chi connectivity index (χ4v) is 4.10. The van der Waals surface area contributed by atoms with Gasteiger partial charge in [0.15, 0.2) is 5.78 Å². The average Bonchev–Trinajstić information content (AvgIpc) is 3.04. The van der Waals surface area contributed by atoms with E-state index in [4.69, 9.17) is 11.6 Å². The van der Waals surface area contributed by atoms with Crippen LogP contribution in [0.25, 0.3) is 0 Å². The largest absolute Gasteiger partial charge is 0.378 e. The van der Waals surface area contributed by atoms with E-state index in [1.54, 1.807) is 6.92 Å². The molecule has 0 fully saturated rings. The van der Waals surface area contributed by atoms with E-state index >= 15 is 0 Å². The third-order valence-corrected chi connectivity index (χ3v) is 5.35. The Morgan fingerprint density at radius 2 is 2.00 bits per heavy atom. The van der Waals surface area contributed by atoms with Crippen molar-refractivity contribution in [3.63, 3.8) is 0 Å². The molecule has 116 valence electrons. The van der Waals surface area contributed by atoms with Crippen molar-refractivity contribution in [2.45, 2.75) is 25.3 Å². The Morgan fingerprint density at radius 1 is 1.17 bits per heavy atom. The number of allylic oxidation sites excluding steroid dienone is 2. The lowest BCUT2D eigenvalue weighted by Gasteiger charge is -2.38. The molecule has 1 N–H and O–H groups in total. The van der Waals surface area contributed by atoms with Gasteiger partial charge in [0, 0.05) is 22.2 Å². The van der Waals surface area contributed by atoms with Crippen LogP contribution in [-0.4, -0.2) is 5.78 Å². The molecule has 0 radical (unpaired) electrons. The molecule has 0 saturated heterocycles. The molecule has 2 aromatic carbocycles. The predicted octanol–water partition coefficient (Wildman–Crippen LogP) is 5.37. The molecular weight excluding hydrogens is 306 g/mol. The maximum Gasteiger partial charge on any atom is 0.159 e. The van der Waals surface area contributed by atoms with Gasteiger partial charge in [-0.3, -0.25) is 4.79 Å². The predicted molar refractivity (Wildman–Crippen MR) is 94.3 cm³/mol. The van der Waals surface area contributed by atoms with Gasteiger partial charge in [0.2, 0.25) is 0 Å². The number of halogens is 1. The summed E-state index contributed by atoms with van der Waals surface area (Å²) in [5.41, 5.74) is 4.25. The first-order valence-corrected chi connectivity index (χ1v) is 8.35. The SMILES string of the molecule is CC(=O)c1ccc2c(c1)[C@@H]1C=CC[C@H]1[C@H](c1ccccc1Cl)N2. The minimum atomic E-state index is 0.111. The normalized spacial score (nSPS) is 24.7. The number of benzene rings is 2. The van der Waals surface area contributed by atoms with Crippen LogP contribution in [-0.2, 0) is 0 Å². The Bertz CT molecular complexity index is 811. The van der Waals surface area contributed by atoms with E-state index in [9.17, 15) is 4.79 Å². The summed E-state index contributed by atoms with van der Waals surface area (Å²) in [5.74, 6) is 0.885. The van der Waals surface area contributed by atoms with Crippen LogP contribution in [0.15, 0.2) is 54.6 Å². The van der Waals surface area contributed by atoms with Gasteiger partial charge in [-0.05, 0) is 54.7 Å². The summed E-state index contributed by atoms with van der Waals surface area (Å²) in [6.07, 6.45) is 5.55. The summed E-state index contributed by atoms with van der Waals surface area (Å²) in [5, 5.41) is 4.46. The molecule has 0 bridgehead atoms. The molecule has 0 aromatic heterocycles. The second kappa shape index (κ2) is 5.54. The molecule has 0 unspecified atom stereocenters. The van der Waals surface area contributed by atoms with Crippen molar-refractivity contribution in [2.24, 2.45) is 5.92 Å². The van der Waals surface area contributed by atoms with Gasteiger partial charge in [0.25, 0.3) is 0 Å². The summed E-state index contributed by atoms with van der Waals surface area (Å²) < 4.78 is 0. The Labute approximate surface area is 141 Å². The minimum Gasteiger partial charge on any atom is -0.378 e. The van der Waals surface area contributed by atoms with Crippen molar-refractivity contribution in [1.29, 1.82) is 0 Å².